The number of likely N-dealkylation sites (tertiary alicyclic amines) is 1. The number of fused-ring (bicyclic) bond motifs is 2. The van der Waals surface area contributed by atoms with Crippen LogP contribution in [0.2, 0.25) is 0 Å². The first-order valence-corrected chi connectivity index (χ1v) is 13.6. The van der Waals surface area contributed by atoms with E-state index in [-0.39, 0.29) is 30.1 Å². The molecular weight excluding hydrogens is 488 g/mol. The lowest BCUT2D eigenvalue weighted by molar-refractivity contribution is -0.134. The molecule has 5 atom stereocenters. The molecule has 3 amide bonds. The number of methoxy groups -OCH3 is 1. The van der Waals surface area contributed by atoms with Crippen LogP contribution in [0, 0.1) is 17.8 Å². The molecule has 2 saturated heterocycles. The highest BCUT2D eigenvalue weighted by molar-refractivity contribution is 6.02. The molecule has 3 aliphatic rings. The third kappa shape index (κ3) is 5.01. The zero-order valence-electron chi connectivity index (χ0n) is 21.7. The minimum Gasteiger partial charge on any atom is -0.496 e. The van der Waals surface area contributed by atoms with Crippen LogP contribution in [0.15, 0.2) is 24.3 Å². The van der Waals surface area contributed by atoms with Crippen LogP contribution < -0.4 is 15.4 Å². The smallest absolute Gasteiger partial charge is 0.271 e. The van der Waals surface area contributed by atoms with E-state index in [1.54, 1.807) is 18.1 Å². The van der Waals surface area contributed by atoms with Gasteiger partial charge in [0.25, 0.3) is 5.91 Å². The van der Waals surface area contributed by atoms with Crippen LogP contribution in [0.3, 0.4) is 0 Å². The monoisotopic (exact) mass is 524 g/mol. The third-order valence-corrected chi connectivity index (χ3v) is 8.52. The van der Waals surface area contributed by atoms with Crippen molar-refractivity contribution in [3.8, 4) is 5.75 Å². The molecule has 38 heavy (non-hydrogen) atoms. The molecule has 4 unspecified atom stereocenters. The average molecular weight is 525 g/mol. The summed E-state index contributed by atoms with van der Waals surface area (Å²) in [6.07, 6.45) is 5.37. The Kier molecular flexibility index (Phi) is 7.69. The lowest BCUT2D eigenvalue weighted by Crippen LogP contribution is -2.54. The fourth-order valence-corrected chi connectivity index (χ4v) is 6.58. The fourth-order valence-electron chi connectivity index (χ4n) is 6.58. The van der Waals surface area contributed by atoms with Gasteiger partial charge in [-0.1, -0.05) is 18.9 Å². The molecule has 10 heteroatoms. The Morgan fingerprint density at radius 1 is 1.18 bits per heavy atom. The predicted octanol–water partition coefficient (Wildman–Crippen LogP) is 1.77. The minimum atomic E-state index is -0.988. The van der Waals surface area contributed by atoms with Gasteiger partial charge in [0.15, 0.2) is 5.78 Å². The molecule has 1 saturated carbocycles. The molecule has 10 nitrogen and oxygen atoms in total. The number of nitrogens with one attached hydrogen (secondary N) is 3. The van der Waals surface area contributed by atoms with E-state index in [1.165, 1.54) is 0 Å². The largest absolute Gasteiger partial charge is 0.496 e. The predicted molar refractivity (Wildman–Crippen MR) is 139 cm³/mol. The van der Waals surface area contributed by atoms with Gasteiger partial charge >= 0.3 is 0 Å². The number of Topliss-reactive ketones (excluding diaryl/α,β-unsaturated/α-hetero) is 1. The highest BCUT2D eigenvalue weighted by Crippen LogP contribution is 2.41. The SMILES string of the molecule is COc1cccc2[nH]c(C(=O)N3CC4CCCCC4[C@H]3C(=O)NC(CC3CCCNC3=O)C(=O)CO)cc12. The maximum atomic E-state index is 13.8. The van der Waals surface area contributed by atoms with E-state index in [2.05, 4.69) is 15.6 Å². The summed E-state index contributed by atoms with van der Waals surface area (Å²) in [7, 11) is 1.58. The van der Waals surface area contributed by atoms with Crippen LogP contribution in [0.1, 0.15) is 55.4 Å². The van der Waals surface area contributed by atoms with Crippen LogP contribution in [0.4, 0.5) is 0 Å². The number of nitrogens with zero attached hydrogens (tertiary/aromatic N) is 1. The van der Waals surface area contributed by atoms with Crippen molar-refractivity contribution in [2.24, 2.45) is 17.8 Å². The molecule has 1 aliphatic carbocycles. The molecule has 0 bridgehead atoms. The number of hydrogen-bond donors (Lipinski definition) is 4. The number of rotatable bonds is 8. The van der Waals surface area contributed by atoms with Crippen molar-refractivity contribution in [2.75, 3.05) is 26.8 Å². The second-order valence-electron chi connectivity index (χ2n) is 10.8. The molecule has 3 fully saturated rings. The van der Waals surface area contributed by atoms with Crippen molar-refractivity contribution < 1.29 is 29.0 Å². The number of piperidine rings is 1. The Morgan fingerprint density at radius 3 is 2.76 bits per heavy atom. The molecule has 0 radical (unpaired) electrons. The van der Waals surface area contributed by atoms with Crippen molar-refractivity contribution in [3.63, 3.8) is 0 Å². The van der Waals surface area contributed by atoms with Gasteiger partial charge in [0.1, 0.15) is 24.1 Å². The molecule has 204 valence electrons. The van der Waals surface area contributed by atoms with E-state index < -0.39 is 36.3 Å². The van der Waals surface area contributed by atoms with Gasteiger partial charge in [-0.3, -0.25) is 19.2 Å². The topological polar surface area (TPSA) is 141 Å². The molecular formula is C28H36N4O6. The lowest BCUT2D eigenvalue weighted by atomic mass is 9.78. The van der Waals surface area contributed by atoms with E-state index in [0.717, 1.165) is 43.0 Å². The number of aromatic nitrogens is 1. The Hall–Kier alpha value is -3.40. The van der Waals surface area contributed by atoms with Gasteiger partial charge in [-0.25, -0.2) is 0 Å². The second-order valence-corrected chi connectivity index (χ2v) is 10.8. The van der Waals surface area contributed by atoms with E-state index >= 15 is 0 Å². The number of hydrogen-bond acceptors (Lipinski definition) is 6. The summed E-state index contributed by atoms with van der Waals surface area (Å²) in [6.45, 7) is 0.343. The van der Waals surface area contributed by atoms with Crippen LogP contribution in [-0.2, 0) is 14.4 Å². The Balaban J connectivity index is 1.40. The Morgan fingerprint density at radius 2 is 2.00 bits per heavy atom. The zero-order valence-corrected chi connectivity index (χ0v) is 21.7. The van der Waals surface area contributed by atoms with Gasteiger partial charge in [-0.05, 0) is 62.1 Å². The normalized spacial score (nSPS) is 25.9. The summed E-state index contributed by atoms with van der Waals surface area (Å²) in [5.74, 6) is -0.892. The maximum absolute atomic E-state index is 13.8. The number of aliphatic hydroxyl groups excluding tert-OH is 1. The zero-order chi connectivity index (χ0) is 26.8. The number of ketones is 1. The second kappa shape index (κ2) is 11.1. The number of ether oxygens (including phenoxy) is 1. The number of aliphatic hydroxyl groups is 1. The van der Waals surface area contributed by atoms with Crippen molar-refractivity contribution >= 4 is 34.4 Å². The molecule has 4 N–H and O–H groups in total. The van der Waals surface area contributed by atoms with Crippen molar-refractivity contribution in [1.29, 1.82) is 0 Å². The van der Waals surface area contributed by atoms with E-state index in [9.17, 15) is 24.3 Å². The van der Waals surface area contributed by atoms with Gasteiger partial charge in [0.2, 0.25) is 11.8 Å². The highest BCUT2D eigenvalue weighted by atomic mass is 16.5. The summed E-state index contributed by atoms with van der Waals surface area (Å²) >= 11 is 0. The van der Waals surface area contributed by atoms with Crippen LogP contribution in [0.5, 0.6) is 5.75 Å². The quantitative estimate of drug-likeness (QED) is 0.415. The number of benzene rings is 1. The molecule has 1 aromatic heterocycles. The lowest BCUT2D eigenvalue weighted by Gasteiger charge is -2.31. The summed E-state index contributed by atoms with van der Waals surface area (Å²) in [5.41, 5.74) is 1.15. The number of H-pyrrole nitrogens is 1. The molecule has 0 spiro atoms. The van der Waals surface area contributed by atoms with Gasteiger partial charge < -0.3 is 30.4 Å². The van der Waals surface area contributed by atoms with E-state index in [1.807, 2.05) is 18.2 Å². The summed E-state index contributed by atoms with van der Waals surface area (Å²) in [4.78, 5) is 57.4. The van der Waals surface area contributed by atoms with Gasteiger partial charge in [0.05, 0.1) is 13.2 Å². The van der Waals surface area contributed by atoms with Crippen LogP contribution in [0.25, 0.3) is 10.9 Å². The van der Waals surface area contributed by atoms with Crippen molar-refractivity contribution in [1.82, 2.24) is 20.5 Å². The minimum absolute atomic E-state index is 0.00512. The summed E-state index contributed by atoms with van der Waals surface area (Å²) in [5, 5.41) is 16.0. The molecule has 2 aliphatic heterocycles. The Bertz CT molecular complexity index is 1230. The van der Waals surface area contributed by atoms with Crippen molar-refractivity contribution in [3.05, 3.63) is 30.0 Å². The summed E-state index contributed by atoms with van der Waals surface area (Å²) < 4.78 is 5.44. The van der Waals surface area contributed by atoms with E-state index in [4.69, 9.17) is 4.74 Å². The summed E-state index contributed by atoms with van der Waals surface area (Å²) in [6, 6.07) is 5.59. The van der Waals surface area contributed by atoms with Crippen molar-refractivity contribution in [2.45, 2.75) is 57.0 Å². The standard InChI is InChI=1S/C28H36N4O6/c1-38-24-10-4-9-20-19(24)13-22(30-20)28(37)32-14-17-6-2-3-8-18(17)25(32)27(36)31-21(23(34)15-33)12-16-7-5-11-29-26(16)35/h4,9-10,13,16-18,21,25,30,33H,2-3,5-8,11-12,14-15H2,1H3,(H,29,35)(H,31,36)/t16?,17?,18?,21?,25-/m0/s1. The van der Waals surface area contributed by atoms with Gasteiger partial charge in [-0.15, -0.1) is 0 Å². The van der Waals surface area contributed by atoms with Gasteiger partial charge in [-0.2, -0.15) is 0 Å². The number of amides is 3. The molecule has 2 aromatic rings. The molecule has 5 rings (SSSR count). The Labute approximate surface area is 221 Å². The first-order chi connectivity index (χ1) is 18.4. The number of carbonyl (C=O) groups excluding carboxylic acids is 4. The average Bonchev–Trinajstić information content (AvgIpc) is 3.55. The number of carbonyl (C=O) groups is 4. The fraction of sp³-hybridized carbons (Fsp3) is 0.571. The van der Waals surface area contributed by atoms with Crippen LogP contribution in [-0.4, -0.2) is 77.4 Å². The maximum Gasteiger partial charge on any atom is 0.271 e. The number of aromatic amines is 1. The van der Waals surface area contributed by atoms with Crippen LogP contribution >= 0.6 is 0 Å². The molecule has 3 heterocycles. The van der Waals surface area contributed by atoms with E-state index in [0.29, 0.717) is 31.0 Å². The first-order valence-electron chi connectivity index (χ1n) is 13.6. The van der Waals surface area contributed by atoms with Gasteiger partial charge in [0, 0.05) is 29.9 Å². The molecule has 1 aromatic carbocycles. The first kappa shape index (κ1) is 26.2. The third-order valence-electron chi connectivity index (χ3n) is 8.52. The highest BCUT2D eigenvalue weighted by Gasteiger charge is 2.49.